The highest BCUT2D eigenvalue weighted by Crippen LogP contribution is 2.12. The Labute approximate surface area is 145 Å². The molecule has 8 heteroatoms. The summed E-state index contributed by atoms with van der Waals surface area (Å²) in [7, 11) is 0. The predicted molar refractivity (Wildman–Crippen MR) is 87.8 cm³/mol. The summed E-state index contributed by atoms with van der Waals surface area (Å²) in [5.74, 6) is -1.45. The van der Waals surface area contributed by atoms with Crippen molar-refractivity contribution in [1.82, 2.24) is 15.1 Å². The summed E-state index contributed by atoms with van der Waals surface area (Å²) in [6.07, 6.45) is 7.28. The van der Waals surface area contributed by atoms with Crippen LogP contribution in [0.5, 0.6) is 0 Å². The molecule has 0 spiro atoms. The molecule has 0 bridgehead atoms. The SMILES string of the molecule is CC(=O)NC(CCCN1C(=O)C=CC1=O)CCCN1C(=O)C=CC1=O. The first-order valence-corrected chi connectivity index (χ1v) is 8.22. The second-order valence-electron chi connectivity index (χ2n) is 6.00. The van der Waals surface area contributed by atoms with Gasteiger partial charge in [0.25, 0.3) is 23.6 Å². The van der Waals surface area contributed by atoms with Crippen molar-refractivity contribution in [2.45, 2.75) is 38.6 Å². The van der Waals surface area contributed by atoms with Gasteiger partial charge >= 0.3 is 0 Å². The van der Waals surface area contributed by atoms with Gasteiger partial charge in [-0.05, 0) is 25.7 Å². The van der Waals surface area contributed by atoms with E-state index in [9.17, 15) is 24.0 Å². The summed E-state index contributed by atoms with van der Waals surface area (Å²) in [5.41, 5.74) is 0. The van der Waals surface area contributed by atoms with Crippen LogP contribution in [0, 0.1) is 0 Å². The molecule has 0 radical (unpaired) electrons. The quantitative estimate of drug-likeness (QED) is 0.587. The van der Waals surface area contributed by atoms with Crippen LogP contribution in [0.2, 0.25) is 0 Å². The maximum atomic E-state index is 11.5. The summed E-state index contributed by atoms with van der Waals surface area (Å²) < 4.78 is 0. The van der Waals surface area contributed by atoms with Gasteiger partial charge in [0.1, 0.15) is 0 Å². The fraction of sp³-hybridized carbons (Fsp3) is 0.471. The van der Waals surface area contributed by atoms with Crippen molar-refractivity contribution < 1.29 is 24.0 Å². The first-order chi connectivity index (χ1) is 11.9. The molecule has 1 N–H and O–H groups in total. The van der Waals surface area contributed by atoms with Gasteiger partial charge in [0.15, 0.2) is 0 Å². The molecule has 0 saturated heterocycles. The summed E-state index contributed by atoms with van der Waals surface area (Å²) in [6, 6.07) is -0.140. The van der Waals surface area contributed by atoms with Gasteiger partial charge in [-0.2, -0.15) is 0 Å². The van der Waals surface area contributed by atoms with E-state index in [0.717, 1.165) is 9.80 Å². The summed E-state index contributed by atoms with van der Waals surface area (Å²) in [4.78, 5) is 59.6. The van der Waals surface area contributed by atoms with E-state index in [0.29, 0.717) is 38.8 Å². The number of rotatable bonds is 9. The standard InChI is InChI=1S/C17H21N3O5/c1-12(21)18-13(4-2-10-19-14(22)6-7-15(19)23)5-3-11-20-16(24)8-9-17(20)25/h6-9,13H,2-5,10-11H2,1H3,(H,18,21). The Kier molecular flexibility index (Phi) is 6.21. The Morgan fingerprint density at radius 3 is 1.52 bits per heavy atom. The molecular formula is C17H21N3O5. The Morgan fingerprint density at radius 2 is 1.20 bits per heavy atom. The fourth-order valence-electron chi connectivity index (χ4n) is 2.87. The van der Waals surface area contributed by atoms with Crippen LogP contribution in [0.4, 0.5) is 0 Å². The molecule has 0 atom stereocenters. The largest absolute Gasteiger partial charge is 0.354 e. The van der Waals surface area contributed by atoms with E-state index in [1.165, 1.54) is 31.2 Å². The topological polar surface area (TPSA) is 104 Å². The molecule has 2 heterocycles. The molecule has 5 amide bonds. The highest BCUT2D eigenvalue weighted by molar-refractivity contribution is 6.13. The maximum absolute atomic E-state index is 11.5. The Balaban J connectivity index is 1.75. The van der Waals surface area contributed by atoms with Crippen LogP contribution >= 0.6 is 0 Å². The summed E-state index contributed by atoms with van der Waals surface area (Å²) >= 11 is 0. The normalized spacial score (nSPS) is 16.7. The van der Waals surface area contributed by atoms with Gasteiger partial charge in [-0.1, -0.05) is 0 Å². The molecule has 0 fully saturated rings. The maximum Gasteiger partial charge on any atom is 0.253 e. The van der Waals surface area contributed by atoms with Crippen molar-refractivity contribution in [3.05, 3.63) is 24.3 Å². The van der Waals surface area contributed by atoms with Crippen molar-refractivity contribution >= 4 is 29.5 Å². The molecule has 2 aliphatic heterocycles. The summed E-state index contributed by atoms with van der Waals surface area (Å²) in [6.45, 7) is 2.02. The number of nitrogens with zero attached hydrogens (tertiary/aromatic N) is 2. The van der Waals surface area contributed by atoms with Gasteiger partial charge in [0.05, 0.1) is 0 Å². The lowest BCUT2D eigenvalue weighted by Crippen LogP contribution is -2.37. The minimum Gasteiger partial charge on any atom is -0.354 e. The van der Waals surface area contributed by atoms with Gasteiger partial charge in [0, 0.05) is 50.4 Å². The van der Waals surface area contributed by atoms with Crippen LogP contribution < -0.4 is 5.32 Å². The van der Waals surface area contributed by atoms with E-state index >= 15 is 0 Å². The lowest BCUT2D eigenvalue weighted by molar-refractivity contribution is -0.138. The van der Waals surface area contributed by atoms with E-state index in [-0.39, 0.29) is 35.6 Å². The third kappa shape index (κ3) is 5.10. The first kappa shape index (κ1) is 18.6. The van der Waals surface area contributed by atoms with E-state index in [4.69, 9.17) is 0 Å². The third-order valence-corrected chi connectivity index (χ3v) is 4.08. The molecule has 0 saturated carbocycles. The number of hydrogen-bond acceptors (Lipinski definition) is 5. The zero-order valence-electron chi connectivity index (χ0n) is 14.1. The van der Waals surface area contributed by atoms with Gasteiger partial charge in [-0.3, -0.25) is 33.8 Å². The lowest BCUT2D eigenvalue weighted by atomic mass is 10.0. The third-order valence-electron chi connectivity index (χ3n) is 4.08. The molecule has 0 unspecified atom stereocenters. The highest BCUT2D eigenvalue weighted by Gasteiger charge is 2.24. The molecule has 134 valence electrons. The molecule has 2 rings (SSSR count). The minimum absolute atomic E-state index is 0.140. The minimum atomic E-state index is -0.320. The van der Waals surface area contributed by atoms with Crippen molar-refractivity contribution in [3.63, 3.8) is 0 Å². The Morgan fingerprint density at radius 1 is 0.840 bits per heavy atom. The van der Waals surface area contributed by atoms with Crippen LogP contribution in [-0.2, 0) is 24.0 Å². The van der Waals surface area contributed by atoms with E-state index in [1.807, 2.05) is 0 Å². The molecule has 2 aliphatic rings. The first-order valence-electron chi connectivity index (χ1n) is 8.22. The second-order valence-corrected chi connectivity index (χ2v) is 6.00. The molecule has 0 aliphatic carbocycles. The van der Waals surface area contributed by atoms with Gasteiger partial charge in [0.2, 0.25) is 5.91 Å². The van der Waals surface area contributed by atoms with Crippen molar-refractivity contribution in [2.24, 2.45) is 0 Å². The highest BCUT2D eigenvalue weighted by atomic mass is 16.2. The zero-order valence-corrected chi connectivity index (χ0v) is 14.1. The number of carbonyl (C=O) groups excluding carboxylic acids is 5. The number of carbonyl (C=O) groups is 5. The second kappa shape index (κ2) is 8.36. The van der Waals surface area contributed by atoms with E-state index in [2.05, 4.69) is 5.32 Å². The van der Waals surface area contributed by atoms with Crippen LogP contribution in [0.15, 0.2) is 24.3 Å². The van der Waals surface area contributed by atoms with Crippen LogP contribution in [0.25, 0.3) is 0 Å². The van der Waals surface area contributed by atoms with Gasteiger partial charge in [-0.25, -0.2) is 0 Å². The number of nitrogens with one attached hydrogen (secondary N) is 1. The van der Waals surface area contributed by atoms with Crippen LogP contribution in [0.3, 0.4) is 0 Å². The molecule has 0 aromatic carbocycles. The van der Waals surface area contributed by atoms with E-state index < -0.39 is 0 Å². The lowest BCUT2D eigenvalue weighted by Gasteiger charge is -2.21. The van der Waals surface area contributed by atoms with Crippen molar-refractivity contribution in [2.75, 3.05) is 13.1 Å². The van der Waals surface area contributed by atoms with E-state index in [1.54, 1.807) is 0 Å². The zero-order chi connectivity index (χ0) is 18.4. The fourth-order valence-corrected chi connectivity index (χ4v) is 2.87. The Hall–Kier alpha value is -2.77. The Bertz CT molecular complexity index is 569. The van der Waals surface area contributed by atoms with Gasteiger partial charge in [-0.15, -0.1) is 0 Å². The number of hydrogen-bond donors (Lipinski definition) is 1. The number of imide groups is 2. The van der Waals surface area contributed by atoms with Crippen LogP contribution in [-0.4, -0.2) is 58.5 Å². The smallest absolute Gasteiger partial charge is 0.253 e. The predicted octanol–water partition coefficient (Wildman–Crippen LogP) is -0.0985. The monoisotopic (exact) mass is 347 g/mol. The van der Waals surface area contributed by atoms with Crippen LogP contribution in [0.1, 0.15) is 32.6 Å². The van der Waals surface area contributed by atoms with Crippen molar-refractivity contribution in [1.29, 1.82) is 0 Å². The number of amides is 5. The average molecular weight is 347 g/mol. The van der Waals surface area contributed by atoms with Gasteiger partial charge < -0.3 is 5.32 Å². The molecule has 8 nitrogen and oxygen atoms in total. The summed E-state index contributed by atoms with van der Waals surface area (Å²) in [5, 5.41) is 2.83. The van der Waals surface area contributed by atoms with Crippen molar-refractivity contribution in [3.8, 4) is 0 Å². The molecule has 0 aromatic rings. The average Bonchev–Trinajstić information content (AvgIpc) is 3.03. The molecule has 25 heavy (non-hydrogen) atoms. The molecule has 0 aromatic heterocycles. The molecular weight excluding hydrogens is 326 g/mol.